The van der Waals surface area contributed by atoms with Crippen molar-refractivity contribution in [3.8, 4) is 11.4 Å². The third-order valence-electron chi connectivity index (χ3n) is 3.35. The van der Waals surface area contributed by atoms with Gasteiger partial charge in [-0.05, 0) is 24.3 Å². The molecular weight excluding hydrogens is 296 g/mol. The van der Waals surface area contributed by atoms with Crippen molar-refractivity contribution >= 4 is 5.91 Å². The van der Waals surface area contributed by atoms with E-state index in [1.54, 1.807) is 36.7 Å². The van der Waals surface area contributed by atoms with Crippen LogP contribution in [0, 0.1) is 0 Å². The average molecular weight is 312 g/mol. The third-order valence-corrected chi connectivity index (χ3v) is 3.35. The van der Waals surface area contributed by atoms with E-state index < -0.39 is 0 Å². The molecule has 0 saturated heterocycles. The molecule has 0 unspecified atom stereocenters. The zero-order valence-corrected chi connectivity index (χ0v) is 12.7. The number of rotatable bonds is 6. The normalized spacial score (nSPS) is 10.7. The Morgan fingerprint density at radius 2 is 2.22 bits per heavy atom. The van der Waals surface area contributed by atoms with Gasteiger partial charge in [0.1, 0.15) is 5.76 Å². The van der Waals surface area contributed by atoms with Gasteiger partial charge in [-0.15, -0.1) is 0 Å². The lowest BCUT2D eigenvalue weighted by Gasteiger charge is -2.14. The van der Waals surface area contributed by atoms with Crippen molar-refractivity contribution in [3.05, 3.63) is 54.6 Å². The lowest BCUT2D eigenvalue weighted by molar-refractivity contribution is -0.130. The molecule has 0 saturated carbocycles. The smallest absolute Gasteiger partial charge is 0.246 e. The topological polar surface area (TPSA) is 85.3 Å². The Kier molecular flexibility index (Phi) is 4.46. The van der Waals surface area contributed by atoms with Crippen molar-refractivity contribution in [2.75, 3.05) is 7.05 Å². The minimum absolute atomic E-state index is 0.0115. The molecule has 0 bridgehead atoms. The second-order valence-corrected chi connectivity index (χ2v) is 5.08. The maximum Gasteiger partial charge on any atom is 0.246 e. The minimum atomic E-state index is -0.0115. The Balaban J connectivity index is 1.56. The monoisotopic (exact) mass is 312 g/mol. The third kappa shape index (κ3) is 3.82. The fraction of sp³-hybridized carbons (Fsp3) is 0.250. The molecule has 7 nitrogen and oxygen atoms in total. The van der Waals surface area contributed by atoms with E-state index in [1.807, 2.05) is 18.2 Å². The van der Waals surface area contributed by atoms with Gasteiger partial charge in [-0.1, -0.05) is 5.16 Å². The van der Waals surface area contributed by atoms with Gasteiger partial charge < -0.3 is 13.8 Å². The van der Waals surface area contributed by atoms with E-state index in [0.717, 1.165) is 11.3 Å². The maximum absolute atomic E-state index is 12.1. The Morgan fingerprint density at radius 3 is 2.96 bits per heavy atom. The van der Waals surface area contributed by atoms with Gasteiger partial charge in [0.15, 0.2) is 0 Å². The summed E-state index contributed by atoms with van der Waals surface area (Å²) >= 11 is 0. The molecule has 0 aliphatic carbocycles. The number of furan rings is 1. The predicted octanol–water partition coefficient (Wildman–Crippen LogP) is 2.32. The molecule has 3 aromatic heterocycles. The first-order valence-electron chi connectivity index (χ1n) is 7.21. The number of nitrogens with zero attached hydrogens (tertiary/aromatic N) is 4. The van der Waals surface area contributed by atoms with Crippen LogP contribution in [0.3, 0.4) is 0 Å². The van der Waals surface area contributed by atoms with Gasteiger partial charge in [0.05, 0.1) is 12.8 Å². The van der Waals surface area contributed by atoms with Crippen LogP contribution in [-0.2, 0) is 17.8 Å². The largest absolute Gasteiger partial charge is 0.469 e. The molecule has 7 heteroatoms. The molecule has 0 spiro atoms. The standard InChI is InChI=1S/C16H16N4O3/c1-20(15(21)7-6-13-5-3-9-22-13)11-14-18-16(19-23-14)12-4-2-8-17-10-12/h2-5,8-10H,6-7,11H2,1H3. The first-order chi connectivity index (χ1) is 11.2. The van der Waals surface area contributed by atoms with Crippen LogP contribution in [-0.4, -0.2) is 33.0 Å². The van der Waals surface area contributed by atoms with Crippen LogP contribution in [0.25, 0.3) is 11.4 Å². The van der Waals surface area contributed by atoms with Crippen LogP contribution in [0.15, 0.2) is 51.9 Å². The van der Waals surface area contributed by atoms with Crippen LogP contribution in [0.4, 0.5) is 0 Å². The van der Waals surface area contributed by atoms with Crippen molar-refractivity contribution in [1.29, 1.82) is 0 Å². The number of carbonyl (C=O) groups is 1. The highest BCUT2D eigenvalue weighted by molar-refractivity contribution is 5.75. The highest BCUT2D eigenvalue weighted by atomic mass is 16.5. The van der Waals surface area contributed by atoms with Crippen LogP contribution in [0.2, 0.25) is 0 Å². The summed E-state index contributed by atoms with van der Waals surface area (Å²) < 4.78 is 10.4. The van der Waals surface area contributed by atoms with Gasteiger partial charge in [0, 0.05) is 37.8 Å². The zero-order valence-electron chi connectivity index (χ0n) is 12.7. The highest BCUT2D eigenvalue weighted by Gasteiger charge is 2.15. The van der Waals surface area contributed by atoms with Crippen molar-refractivity contribution in [2.24, 2.45) is 0 Å². The number of hydrogen-bond donors (Lipinski definition) is 0. The Bertz CT molecular complexity index is 753. The van der Waals surface area contributed by atoms with Gasteiger partial charge in [-0.3, -0.25) is 9.78 Å². The predicted molar refractivity (Wildman–Crippen MR) is 81.0 cm³/mol. The lowest BCUT2D eigenvalue weighted by atomic mass is 10.2. The molecule has 0 atom stereocenters. The second kappa shape index (κ2) is 6.87. The summed E-state index contributed by atoms with van der Waals surface area (Å²) in [5.41, 5.74) is 0.772. The van der Waals surface area contributed by atoms with Crippen LogP contribution >= 0.6 is 0 Å². The summed E-state index contributed by atoms with van der Waals surface area (Å²) in [6.45, 7) is 0.268. The molecule has 0 radical (unpaired) electrons. The zero-order chi connectivity index (χ0) is 16.1. The molecule has 3 heterocycles. The number of hydrogen-bond acceptors (Lipinski definition) is 6. The fourth-order valence-corrected chi connectivity index (χ4v) is 2.10. The van der Waals surface area contributed by atoms with Crippen molar-refractivity contribution in [2.45, 2.75) is 19.4 Å². The molecule has 23 heavy (non-hydrogen) atoms. The van der Waals surface area contributed by atoms with Gasteiger partial charge in [-0.25, -0.2) is 0 Å². The Morgan fingerprint density at radius 1 is 1.30 bits per heavy atom. The highest BCUT2D eigenvalue weighted by Crippen LogP contribution is 2.14. The minimum Gasteiger partial charge on any atom is -0.469 e. The Hall–Kier alpha value is -2.96. The van der Waals surface area contributed by atoms with Gasteiger partial charge in [-0.2, -0.15) is 4.98 Å². The number of aryl methyl sites for hydroxylation is 1. The molecule has 3 aromatic rings. The summed E-state index contributed by atoms with van der Waals surface area (Å²) in [7, 11) is 1.71. The van der Waals surface area contributed by atoms with Crippen molar-refractivity contribution in [3.63, 3.8) is 0 Å². The van der Waals surface area contributed by atoms with E-state index in [1.165, 1.54) is 0 Å². The molecule has 0 aliphatic heterocycles. The van der Waals surface area contributed by atoms with E-state index in [2.05, 4.69) is 15.1 Å². The van der Waals surface area contributed by atoms with Crippen LogP contribution in [0.5, 0.6) is 0 Å². The summed E-state index contributed by atoms with van der Waals surface area (Å²) in [6.07, 6.45) is 5.87. The first kappa shape index (κ1) is 15.0. The number of carbonyl (C=O) groups excluding carboxylic acids is 1. The second-order valence-electron chi connectivity index (χ2n) is 5.08. The molecule has 118 valence electrons. The van der Waals surface area contributed by atoms with Gasteiger partial charge in [0.25, 0.3) is 0 Å². The first-order valence-corrected chi connectivity index (χ1v) is 7.21. The lowest BCUT2D eigenvalue weighted by Crippen LogP contribution is -2.26. The molecule has 1 amide bonds. The molecule has 0 N–H and O–H groups in total. The summed E-state index contributed by atoms with van der Waals surface area (Å²) in [6, 6.07) is 7.31. The molecule has 0 aromatic carbocycles. The van der Waals surface area contributed by atoms with E-state index >= 15 is 0 Å². The SMILES string of the molecule is CN(Cc1nc(-c2cccnc2)no1)C(=O)CCc1ccco1. The number of pyridine rings is 1. The summed E-state index contributed by atoms with van der Waals surface area (Å²) in [5, 5.41) is 3.91. The molecule has 0 fully saturated rings. The Labute approximate surface area is 132 Å². The maximum atomic E-state index is 12.1. The van der Waals surface area contributed by atoms with Crippen molar-refractivity contribution < 1.29 is 13.7 Å². The number of amides is 1. The van der Waals surface area contributed by atoms with E-state index in [0.29, 0.717) is 24.6 Å². The van der Waals surface area contributed by atoms with Crippen LogP contribution < -0.4 is 0 Å². The quantitative estimate of drug-likeness (QED) is 0.694. The molecule has 3 rings (SSSR count). The summed E-state index contributed by atoms with van der Waals surface area (Å²) in [5.74, 6) is 1.63. The van der Waals surface area contributed by atoms with E-state index in [9.17, 15) is 4.79 Å². The van der Waals surface area contributed by atoms with Crippen molar-refractivity contribution in [1.82, 2.24) is 20.0 Å². The molecule has 0 aliphatic rings. The average Bonchev–Trinajstić information content (AvgIpc) is 3.25. The van der Waals surface area contributed by atoms with E-state index in [4.69, 9.17) is 8.94 Å². The van der Waals surface area contributed by atoms with Crippen LogP contribution in [0.1, 0.15) is 18.1 Å². The summed E-state index contributed by atoms with van der Waals surface area (Å²) in [4.78, 5) is 22.0. The fourth-order valence-electron chi connectivity index (χ4n) is 2.10. The van der Waals surface area contributed by atoms with Gasteiger partial charge >= 0.3 is 0 Å². The van der Waals surface area contributed by atoms with E-state index in [-0.39, 0.29) is 12.5 Å². The number of aromatic nitrogens is 3. The molecular formula is C16H16N4O3. The van der Waals surface area contributed by atoms with Gasteiger partial charge in [0.2, 0.25) is 17.6 Å².